The van der Waals surface area contributed by atoms with Crippen LogP contribution in [0.3, 0.4) is 0 Å². The molecule has 0 aromatic carbocycles. The lowest BCUT2D eigenvalue weighted by molar-refractivity contribution is -0.199. The number of aliphatic hydroxyl groups excluding tert-OH is 3. The normalized spacial score (nSPS) is 25.6. The van der Waals surface area contributed by atoms with Crippen molar-refractivity contribution in [1.82, 2.24) is 0 Å². The largest absolute Gasteiger partial charge is 0.388 e. The van der Waals surface area contributed by atoms with Gasteiger partial charge in [0.2, 0.25) is 0 Å². The Morgan fingerprint density at radius 1 is 0.786 bits per heavy atom. The second-order valence-electron chi connectivity index (χ2n) is 8.08. The number of hydrogen-bond donors (Lipinski definition) is 3. The van der Waals surface area contributed by atoms with Crippen molar-refractivity contribution in [2.45, 2.75) is 115 Å². The lowest BCUT2D eigenvalue weighted by Crippen LogP contribution is -2.54. The molecule has 1 rings (SSSR count). The Kier molecular flexibility index (Phi) is 15.9. The van der Waals surface area contributed by atoms with Crippen LogP contribution in [0.1, 0.15) is 90.4 Å². The second-order valence-corrected chi connectivity index (χ2v) is 8.08. The van der Waals surface area contributed by atoms with E-state index in [0.29, 0.717) is 6.61 Å². The van der Waals surface area contributed by atoms with Crippen LogP contribution in [0, 0.1) is 0 Å². The Balaban J connectivity index is 1.79. The Morgan fingerprint density at radius 3 is 2.00 bits per heavy atom. The average Bonchev–Trinajstić information content (AvgIpc) is 2.70. The molecule has 5 heteroatoms. The molecule has 1 aliphatic heterocycles. The maximum Gasteiger partial charge on any atom is 0.111 e. The summed E-state index contributed by atoms with van der Waals surface area (Å²) >= 11 is 0. The molecule has 0 unspecified atom stereocenters. The number of rotatable bonds is 17. The van der Waals surface area contributed by atoms with Gasteiger partial charge < -0.3 is 24.8 Å². The Morgan fingerprint density at radius 2 is 1.36 bits per heavy atom. The molecule has 1 saturated heterocycles. The Labute approximate surface area is 172 Å². The van der Waals surface area contributed by atoms with Gasteiger partial charge in [-0.05, 0) is 25.7 Å². The molecule has 1 heterocycles. The summed E-state index contributed by atoms with van der Waals surface area (Å²) in [6.45, 7) is 3.19. The highest BCUT2D eigenvalue weighted by molar-refractivity contribution is 4.86. The zero-order valence-corrected chi connectivity index (χ0v) is 17.9. The SMILES string of the molecule is CCCC/C=C/CCCCCCCCCCCOC[C@@H]1OC[C@@H](O)[C@H](O)[C@H]1O. The van der Waals surface area contributed by atoms with Gasteiger partial charge in [0.05, 0.1) is 13.2 Å². The van der Waals surface area contributed by atoms with Crippen LogP contribution in [0.2, 0.25) is 0 Å². The second kappa shape index (κ2) is 17.4. The van der Waals surface area contributed by atoms with Crippen LogP contribution in [0.4, 0.5) is 0 Å². The maximum atomic E-state index is 9.82. The predicted octanol–water partition coefficient (Wildman–Crippen LogP) is 4.13. The monoisotopic (exact) mass is 400 g/mol. The van der Waals surface area contributed by atoms with Crippen LogP contribution in [0.25, 0.3) is 0 Å². The first-order chi connectivity index (χ1) is 13.7. The van der Waals surface area contributed by atoms with E-state index in [4.69, 9.17) is 9.47 Å². The van der Waals surface area contributed by atoms with E-state index >= 15 is 0 Å². The zero-order valence-electron chi connectivity index (χ0n) is 17.9. The van der Waals surface area contributed by atoms with E-state index in [1.807, 2.05) is 0 Å². The minimum Gasteiger partial charge on any atom is -0.388 e. The summed E-state index contributed by atoms with van der Waals surface area (Å²) in [4.78, 5) is 0. The molecule has 5 nitrogen and oxygen atoms in total. The van der Waals surface area contributed by atoms with Crippen molar-refractivity contribution in [2.24, 2.45) is 0 Å². The van der Waals surface area contributed by atoms with Crippen molar-refractivity contribution in [2.75, 3.05) is 19.8 Å². The van der Waals surface area contributed by atoms with Crippen LogP contribution >= 0.6 is 0 Å². The van der Waals surface area contributed by atoms with Crippen molar-refractivity contribution in [3.8, 4) is 0 Å². The highest BCUT2D eigenvalue weighted by Gasteiger charge is 2.37. The molecule has 4 atom stereocenters. The molecule has 3 N–H and O–H groups in total. The third-order valence-corrected chi connectivity index (χ3v) is 5.44. The molecule has 1 aliphatic rings. The lowest BCUT2D eigenvalue weighted by Gasteiger charge is -2.35. The molecule has 0 saturated carbocycles. The van der Waals surface area contributed by atoms with E-state index in [0.717, 1.165) is 12.8 Å². The van der Waals surface area contributed by atoms with Crippen LogP contribution < -0.4 is 0 Å². The van der Waals surface area contributed by atoms with Crippen molar-refractivity contribution >= 4 is 0 Å². The molecular formula is C23H44O5. The molecule has 0 aromatic rings. The van der Waals surface area contributed by atoms with Gasteiger partial charge in [-0.1, -0.05) is 76.9 Å². The molecule has 0 aliphatic carbocycles. The summed E-state index contributed by atoms with van der Waals surface area (Å²) in [5, 5.41) is 28.9. The van der Waals surface area contributed by atoms with E-state index in [1.54, 1.807) is 0 Å². The van der Waals surface area contributed by atoms with Crippen molar-refractivity contribution in [3.63, 3.8) is 0 Å². The minimum atomic E-state index is -1.15. The number of allylic oxidation sites excluding steroid dienone is 2. The molecule has 0 aromatic heterocycles. The first-order valence-electron chi connectivity index (χ1n) is 11.5. The molecule has 1 fully saturated rings. The number of aliphatic hydroxyl groups is 3. The summed E-state index contributed by atoms with van der Waals surface area (Å²) in [5.74, 6) is 0. The van der Waals surface area contributed by atoms with E-state index < -0.39 is 24.4 Å². The van der Waals surface area contributed by atoms with Crippen LogP contribution in [0.5, 0.6) is 0 Å². The first-order valence-corrected chi connectivity index (χ1v) is 11.5. The fourth-order valence-corrected chi connectivity index (χ4v) is 3.47. The fraction of sp³-hybridized carbons (Fsp3) is 0.913. The molecule has 166 valence electrons. The fourth-order valence-electron chi connectivity index (χ4n) is 3.47. The predicted molar refractivity (Wildman–Crippen MR) is 113 cm³/mol. The van der Waals surface area contributed by atoms with E-state index in [9.17, 15) is 15.3 Å². The van der Waals surface area contributed by atoms with E-state index in [2.05, 4.69) is 19.1 Å². The maximum absolute atomic E-state index is 9.82. The average molecular weight is 401 g/mol. The third-order valence-electron chi connectivity index (χ3n) is 5.44. The van der Waals surface area contributed by atoms with Gasteiger partial charge in [0.1, 0.15) is 24.4 Å². The number of unbranched alkanes of at least 4 members (excludes halogenated alkanes) is 11. The van der Waals surface area contributed by atoms with Gasteiger partial charge in [0, 0.05) is 6.61 Å². The summed E-state index contributed by atoms with van der Waals surface area (Å²) in [6, 6.07) is 0. The molecule has 28 heavy (non-hydrogen) atoms. The summed E-state index contributed by atoms with van der Waals surface area (Å²) < 4.78 is 10.9. The third kappa shape index (κ3) is 12.2. The number of ether oxygens (including phenoxy) is 2. The van der Waals surface area contributed by atoms with Gasteiger partial charge in [0.15, 0.2) is 0 Å². The first kappa shape index (κ1) is 25.6. The summed E-state index contributed by atoms with van der Waals surface area (Å²) in [7, 11) is 0. The summed E-state index contributed by atoms with van der Waals surface area (Å²) in [6.07, 6.45) is 17.4. The van der Waals surface area contributed by atoms with Crippen molar-refractivity contribution in [1.29, 1.82) is 0 Å². The molecule has 0 amide bonds. The van der Waals surface area contributed by atoms with Gasteiger partial charge in [-0.25, -0.2) is 0 Å². The molecule has 0 bridgehead atoms. The minimum absolute atomic E-state index is 0.0436. The van der Waals surface area contributed by atoms with Gasteiger partial charge in [-0.2, -0.15) is 0 Å². The highest BCUT2D eigenvalue weighted by Crippen LogP contribution is 2.16. The van der Waals surface area contributed by atoms with Gasteiger partial charge in [0.25, 0.3) is 0 Å². The highest BCUT2D eigenvalue weighted by atomic mass is 16.6. The zero-order chi connectivity index (χ0) is 20.5. The topological polar surface area (TPSA) is 79.2 Å². The van der Waals surface area contributed by atoms with Gasteiger partial charge in [-0.3, -0.25) is 0 Å². The van der Waals surface area contributed by atoms with Crippen LogP contribution in [0.15, 0.2) is 12.2 Å². The van der Waals surface area contributed by atoms with Gasteiger partial charge >= 0.3 is 0 Å². The smallest absolute Gasteiger partial charge is 0.111 e. The van der Waals surface area contributed by atoms with E-state index in [-0.39, 0.29) is 13.2 Å². The van der Waals surface area contributed by atoms with Crippen LogP contribution in [-0.4, -0.2) is 59.6 Å². The quantitative estimate of drug-likeness (QED) is 0.253. The lowest BCUT2D eigenvalue weighted by atomic mass is 10.0. The molecular weight excluding hydrogens is 356 g/mol. The van der Waals surface area contributed by atoms with E-state index in [1.165, 1.54) is 70.6 Å². The van der Waals surface area contributed by atoms with Crippen LogP contribution in [-0.2, 0) is 9.47 Å². The van der Waals surface area contributed by atoms with Gasteiger partial charge in [-0.15, -0.1) is 0 Å². The van der Waals surface area contributed by atoms with Crippen molar-refractivity contribution < 1.29 is 24.8 Å². The Hall–Kier alpha value is -0.460. The summed E-state index contributed by atoms with van der Waals surface area (Å²) in [5.41, 5.74) is 0. The Bertz CT molecular complexity index is 374. The number of hydrogen-bond acceptors (Lipinski definition) is 5. The molecule has 0 spiro atoms. The van der Waals surface area contributed by atoms with Crippen molar-refractivity contribution in [3.05, 3.63) is 12.2 Å². The standard InChI is InChI=1S/C23H44O5/c1-2-3-4-5-6-7-8-9-10-11-12-13-14-15-16-17-27-19-21-23(26)22(25)20(24)18-28-21/h5-6,20-26H,2-4,7-19H2,1H3/b6-5+/t20-,21+,22+,23+/m1/s1. The molecule has 0 radical (unpaired) electrons.